The van der Waals surface area contributed by atoms with E-state index in [-0.39, 0.29) is 39.3 Å². The van der Waals surface area contributed by atoms with E-state index in [1.165, 1.54) is 31.2 Å². The number of carbonyl (C=O) groups excluding carboxylic acids is 2. The number of rotatable bonds is 9. The van der Waals surface area contributed by atoms with Crippen molar-refractivity contribution in [1.82, 2.24) is 8.87 Å². The van der Waals surface area contributed by atoms with Gasteiger partial charge in [-0.05, 0) is 51.5 Å². The Labute approximate surface area is 198 Å². The van der Waals surface area contributed by atoms with Gasteiger partial charge in [-0.1, -0.05) is 29.3 Å². The Morgan fingerprint density at radius 1 is 1.28 bits per heavy atom. The highest BCUT2D eigenvalue weighted by Gasteiger charge is 2.36. The highest BCUT2D eigenvalue weighted by Crippen LogP contribution is 2.31. The molecule has 0 fully saturated rings. The number of nitrogens with zero attached hydrogens (tertiary/aromatic N) is 2. The lowest BCUT2D eigenvalue weighted by molar-refractivity contribution is 0.0514. The van der Waals surface area contributed by atoms with Crippen LogP contribution in [-0.4, -0.2) is 48.2 Å². The third-order valence-electron chi connectivity index (χ3n) is 5.25. The monoisotopic (exact) mass is 500 g/mol. The molecular formula is C22H26Cl2N2O5S. The van der Waals surface area contributed by atoms with Crippen molar-refractivity contribution in [2.75, 3.05) is 13.2 Å². The predicted octanol–water partition coefficient (Wildman–Crippen LogP) is 4.57. The molecule has 1 aromatic heterocycles. The fourth-order valence-electron chi connectivity index (χ4n) is 3.56. The van der Waals surface area contributed by atoms with Gasteiger partial charge >= 0.3 is 5.97 Å². The molecule has 1 aromatic carbocycles. The molecular weight excluding hydrogens is 475 g/mol. The zero-order valence-corrected chi connectivity index (χ0v) is 20.9. The van der Waals surface area contributed by atoms with Gasteiger partial charge in [0.25, 0.3) is 0 Å². The van der Waals surface area contributed by atoms with Crippen molar-refractivity contribution in [3.63, 3.8) is 0 Å². The second-order valence-corrected chi connectivity index (χ2v) is 9.89. The molecule has 10 heteroatoms. The number of hydrogen-bond acceptors (Lipinski definition) is 5. The van der Waals surface area contributed by atoms with E-state index < -0.39 is 27.8 Å². The number of aromatic nitrogens is 1. The standard InChI is InChI=1S/C22H26Cl2N2O5S/c1-7-11-26(32(29,30)18-12-16(23)9-10-17(18)24)15(5)21(27)19-13(3)20(22(28)31-8-2)25(6)14(19)4/h7,9-10,12,15H,1,8,11H2,2-6H3. The first-order valence-corrected chi connectivity index (χ1v) is 12.0. The lowest BCUT2D eigenvalue weighted by Gasteiger charge is -2.27. The molecule has 2 aromatic rings. The molecule has 1 atom stereocenters. The van der Waals surface area contributed by atoms with Crippen LogP contribution in [-0.2, 0) is 21.8 Å². The molecule has 0 saturated carbocycles. The Balaban J connectivity index is 2.58. The number of ether oxygens (including phenoxy) is 1. The van der Waals surface area contributed by atoms with E-state index in [0.29, 0.717) is 11.3 Å². The van der Waals surface area contributed by atoms with Crippen molar-refractivity contribution < 1.29 is 22.7 Å². The van der Waals surface area contributed by atoms with E-state index in [1.807, 2.05) is 0 Å². The van der Waals surface area contributed by atoms with Crippen LogP contribution in [0.5, 0.6) is 0 Å². The fraction of sp³-hybridized carbons (Fsp3) is 0.364. The zero-order valence-electron chi connectivity index (χ0n) is 18.6. The van der Waals surface area contributed by atoms with Crippen molar-refractivity contribution in [2.45, 2.75) is 38.6 Å². The van der Waals surface area contributed by atoms with Gasteiger partial charge in [-0.2, -0.15) is 4.31 Å². The average molecular weight is 501 g/mol. The molecule has 7 nitrogen and oxygen atoms in total. The van der Waals surface area contributed by atoms with Crippen molar-refractivity contribution in [2.24, 2.45) is 7.05 Å². The lowest BCUT2D eigenvalue weighted by Crippen LogP contribution is -2.43. The number of hydrogen-bond donors (Lipinski definition) is 0. The highest BCUT2D eigenvalue weighted by molar-refractivity contribution is 7.89. The third kappa shape index (κ3) is 4.78. The molecule has 0 amide bonds. The smallest absolute Gasteiger partial charge is 0.355 e. The normalized spacial score (nSPS) is 12.6. The van der Waals surface area contributed by atoms with Gasteiger partial charge in [-0.3, -0.25) is 4.79 Å². The Morgan fingerprint density at radius 2 is 1.91 bits per heavy atom. The summed E-state index contributed by atoms with van der Waals surface area (Å²) in [6.45, 7) is 10.2. The molecule has 174 valence electrons. The van der Waals surface area contributed by atoms with E-state index >= 15 is 0 Å². The molecule has 32 heavy (non-hydrogen) atoms. The summed E-state index contributed by atoms with van der Waals surface area (Å²) in [5.41, 5.74) is 1.47. The van der Waals surface area contributed by atoms with Crippen molar-refractivity contribution >= 4 is 45.0 Å². The molecule has 2 rings (SSSR count). The molecule has 0 aliphatic rings. The summed E-state index contributed by atoms with van der Waals surface area (Å²) in [5, 5.41) is 0.180. The molecule has 1 unspecified atom stereocenters. The van der Waals surface area contributed by atoms with Crippen LogP contribution in [0.25, 0.3) is 0 Å². The zero-order chi connectivity index (χ0) is 24.4. The Kier molecular flexibility index (Phi) is 8.33. The molecule has 0 N–H and O–H groups in total. The Bertz CT molecular complexity index is 1170. The summed E-state index contributed by atoms with van der Waals surface area (Å²) in [7, 11) is -2.54. The van der Waals surface area contributed by atoms with E-state index in [2.05, 4.69) is 6.58 Å². The van der Waals surface area contributed by atoms with Crippen LogP contribution in [0.3, 0.4) is 0 Å². The van der Waals surface area contributed by atoms with Gasteiger partial charge in [0.1, 0.15) is 10.6 Å². The van der Waals surface area contributed by atoms with E-state index in [0.717, 1.165) is 4.31 Å². The van der Waals surface area contributed by atoms with Crippen LogP contribution in [0.15, 0.2) is 35.7 Å². The molecule has 0 radical (unpaired) electrons. The number of halogens is 2. The number of esters is 1. The van der Waals surface area contributed by atoms with Crippen molar-refractivity contribution in [1.29, 1.82) is 0 Å². The summed E-state index contributed by atoms with van der Waals surface area (Å²) >= 11 is 12.1. The number of ketones is 1. The third-order valence-corrected chi connectivity index (χ3v) is 7.90. The van der Waals surface area contributed by atoms with E-state index in [1.54, 1.807) is 32.4 Å². The molecule has 0 aliphatic carbocycles. The van der Waals surface area contributed by atoms with Crippen LogP contribution in [0.4, 0.5) is 0 Å². The van der Waals surface area contributed by atoms with Crippen LogP contribution in [0.2, 0.25) is 10.0 Å². The molecule has 0 bridgehead atoms. The number of Topliss-reactive ketones (excluding diaryl/α,β-unsaturated/α-hetero) is 1. The SMILES string of the molecule is C=CCN(C(C)C(=O)c1c(C)c(C(=O)OCC)n(C)c1C)S(=O)(=O)c1cc(Cl)ccc1Cl. The van der Waals surface area contributed by atoms with Gasteiger partial charge in [-0.15, -0.1) is 6.58 Å². The van der Waals surface area contributed by atoms with Gasteiger partial charge in [0.15, 0.2) is 5.78 Å². The summed E-state index contributed by atoms with van der Waals surface area (Å²) < 4.78 is 34.5. The minimum Gasteiger partial charge on any atom is -0.461 e. The minimum atomic E-state index is -4.20. The van der Waals surface area contributed by atoms with Gasteiger partial charge in [0.05, 0.1) is 17.7 Å². The first kappa shape index (κ1) is 26.1. The van der Waals surface area contributed by atoms with Gasteiger partial charge in [0.2, 0.25) is 10.0 Å². The highest BCUT2D eigenvalue weighted by atomic mass is 35.5. The van der Waals surface area contributed by atoms with Gasteiger partial charge < -0.3 is 9.30 Å². The Morgan fingerprint density at radius 3 is 2.47 bits per heavy atom. The number of benzene rings is 1. The molecule has 0 saturated heterocycles. The first-order chi connectivity index (χ1) is 14.9. The van der Waals surface area contributed by atoms with E-state index in [4.69, 9.17) is 27.9 Å². The largest absolute Gasteiger partial charge is 0.461 e. The second-order valence-electron chi connectivity index (χ2n) is 7.19. The maximum atomic E-state index is 13.5. The van der Waals surface area contributed by atoms with Crippen LogP contribution < -0.4 is 0 Å². The summed E-state index contributed by atoms with van der Waals surface area (Å²) in [6, 6.07) is 2.99. The quantitative estimate of drug-likeness (QED) is 0.286. The second kappa shape index (κ2) is 10.2. The maximum absolute atomic E-state index is 13.5. The topological polar surface area (TPSA) is 85.7 Å². The molecule has 0 aliphatic heterocycles. The minimum absolute atomic E-state index is 0.0141. The predicted molar refractivity (Wildman–Crippen MR) is 125 cm³/mol. The summed E-state index contributed by atoms with van der Waals surface area (Å²) in [4.78, 5) is 25.7. The van der Waals surface area contributed by atoms with Crippen molar-refractivity contribution in [3.8, 4) is 0 Å². The summed E-state index contributed by atoms with van der Waals surface area (Å²) in [6.07, 6.45) is 1.38. The molecule has 1 heterocycles. The van der Waals surface area contributed by atoms with Crippen LogP contribution in [0, 0.1) is 13.8 Å². The van der Waals surface area contributed by atoms with Crippen molar-refractivity contribution in [3.05, 3.63) is 63.4 Å². The average Bonchev–Trinajstić information content (AvgIpc) is 2.95. The first-order valence-electron chi connectivity index (χ1n) is 9.85. The molecule has 0 spiro atoms. The lowest BCUT2D eigenvalue weighted by atomic mass is 10.0. The van der Waals surface area contributed by atoms with Crippen LogP contribution >= 0.6 is 23.2 Å². The maximum Gasteiger partial charge on any atom is 0.355 e. The van der Waals surface area contributed by atoms with Gasteiger partial charge in [0, 0.05) is 29.9 Å². The van der Waals surface area contributed by atoms with Crippen LogP contribution in [0.1, 0.15) is 46.0 Å². The number of sulfonamides is 1. The van der Waals surface area contributed by atoms with Gasteiger partial charge in [-0.25, -0.2) is 13.2 Å². The summed E-state index contributed by atoms with van der Waals surface area (Å²) in [5.74, 6) is -1.02. The van der Waals surface area contributed by atoms with E-state index in [9.17, 15) is 18.0 Å². The fourth-order valence-corrected chi connectivity index (χ4v) is 5.87. The Hall–Kier alpha value is -2.13. The number of carbonyl (C=O) groups is 2.